The van der Waals surface area contributed by atoms with Crippen molar-refractivity contribution in [3.05, 3.63) is 59.2 Å². The summed E-state index contributed by atoms with van der Waals surface area (Å²) in [6.45, 7) is 4.08. The summed E-state index contributed by atoms with van der Waals surface area (Å²) in [5.41, 5.74) is 3.04. The Balaban J connectivity index is 1.49. The van der Waals surface area contributed by atoms with Crippen molar-refractivity contribution in [3.8, 4) is 22.1 Å². The molecule has 7 heteroatoms. The van der Waals surface area contributed by atoms with Crippen molar-refractivity contribution in [2.24, 2.45) is 4.99 Å². The molecule has 1 aliphatic heterocycles. The highest BCUT2D eigenvalue weighted by Crippen LogP contribution is 2.33. The third-order valence-corrected chi connectivity index (χ3v) is 5.20. The van der Waals surface area contributed by atoms with Gasteiger partial charge in [0.2, 0.25) is 6.79 Å². The van der Waals surface area contributed by atoms with Crippen molar-refractivity contribution < 1.29 is 9.47 Å². The Morgan fingerprint density at radius 1 is 1.19 bits per heavy atom. The molecule has 3 aromatic rings. The van der Waals surface area contributed by atoms with Gasteiger partial charge in [0.05, 0.1) is 0 Å². The molecule has 0 N–H and O–H groups in total. The number of hydrogen-bond acceptors (Lipinski definition) is 6. The lowest BCUT2D eigenvalue weighted by Crippen LogP contribution is -2.15. The Kier molecular flexibility index (Phi) is 4.53. The van der Waals surface area contributed by atoms with E-state index < -0.39 is 0 Å². The first kappa shape index (κ1) is 16.5. The molecule has 0 saturated heterocycles. The number of hydrogen-bond donors (Lipinski definition) is 0. The highest BCUT2D eigenvalue weighted by molar-refractivity contribution is 7.14. The fraction of sp³-hybridized carbons (Fsp3) is 0.211. The number of nitrogens with zero attached hydrogens (tertiary/aromatic N) is 4. The topological polar surface area (TPSA) is 61.5 Å². The summed E-state index contributed by atoms with van der Waals surface area (Å²) in [6.07, 6.45) is 5.37. The molecule has 0 aliphatic carbocycles. The maximum Gasteiger partial charge on any atom is 0.231 e. The Hall–Kier alpha value is -2.93. The van der Waals surface area contributed by atoms with Gasteiger partial charge in [-0.05, 0) is 36.2 Å². The fourth-order valence-corrected chi connectivity index (χ4v) is 3.62. The lowest BCUT2D eigenvalue weighted by atomic mass is 10.1. The van der Waals surface area contributed by atoms with Gasteiger partial charge in [0.25, 0.3) is 0 Å². The molecule has 2 aromatic heterocycles. The minimum Gasteiger partial charge on any atom is -0.454 e. The third-order valence-electron chi connectivity index (χ3n) is 4.17. The van der Waals surface area contributed by atoms with Gasteiger partial charge in [-0.2, -0.15) is 0 Å². The molecule has 0 atom stereocenters. The number of aryl methyl sites for hydroxylation is 2. The summed E-state index contributed by atoms with van der Waals surface area (Å²) < 4.78 is 12.6. The summed E-state index contributed by atoms with van der Waals surface area (Å²) in [6, 6.07) is 10.0. The molecule has 6 nitrogen and oxygen atoms in total. The number of pyridine rings is 1. The molecule has 1 aromatic carbocycles. The van der Waals surface area contributed by atoms with Crippen molar-refractivity contribution in [3.63, 3.8) is 0 Å². The molecule has 0 amide bonds. The maximum atomic E-state index is 5.43. The van der Waals surface area contributed by atoms with Gasteiger partial charge in [0.1, 0.15) is 15.5 Å². The molecule has 0 bridgehead atoms. The smallest absolute Gasteiger partial charge is 0.231 e. The van der Waals surface area contributed by atoms with E-state index in [-0.39, 0.29) is 0 Å². The van der Waals surface area contributed by atoms with Gasteiger partial charge in [-0.15, -0.1) is 10.2 Å². The normalized spacial score (nSPS) is 13.2. The molecule has 0 spiro atoms. The standard InChI is InChI=1S/C19H18N4O2S/c1-3-23-9-8-14(11-17(23)20-2)19-22-21-18(26-19)7-5-13-4-6-15-16(10-13)25-12-24-15/h3-4,6,8-11H,1,5,7,12H2,2H3. The first-order valence-electron chi connectivity index (χ1n) is 8.25. The molecule has 132 valence electrons. The monoisotopic (exact) mass is 366 g/mol. The molecular formula is C19H18N4O2S. The van der Waals surface area contributed by atoms with Gasteiger partial charge in [-0.3, -0.25) is 4.99 Å². The van der Waals surface area contributed by atoms with Gasteiger partial charge in [0.15, 0.2) is 11.5 Å². The quantitative estimate of drug-likeness (QED) is 0.696. The summed E-state index contributed by atoms with van der Waals surface area (Å²) in [7, 11) is 1.76. The summed E-state index contributed by atoms with van der Waals surface area (Å²) in [5, 5.41) is 10.6. The van der Waals surface area contributed by atoms with Crippen molar-refractivity contribution in [2.45, 2.75) is 12.8 Å². The van der Waals surface area contributed by atoms with E-state index in [0.29, 0.717) is 6.79 Å². The van der Waals surface area contributed by atoms with Gasteiger partial charge < -0.3 is 14.0 Å². The molecule has 26 heavy (non-hydrogen) atoms. The first-order valence-corrected chi connectivity index (χ1v) is 9.07. The molecule has 1 aliphatic rings. The fourth-order valence-electron chi connectivity index (χ4n) is 2.79. The van der Waals surface area contributed by atoms with E-state index in [1.165, 1.54) is 5.56 Å². The Bertz CT molecular complexity index is 1020. The van der Waals surface area contributed by atoms with Crippen LogP contribution in [0.15, 0.2) is 48.1 Å². The predicted molar refractivity (Wildman–Crippen MR) is 101 cm³/mol. The van der Waals surface area contributed by atoms with Gasteiger partial charge in [-0.1, -0.05) is 24.0 Å². The second-order valence-electron chi connectivity index (χ2n) is 5.78. The molecular weight excluding hydrogens is 348 g/mol. The van der Waals surface area contributed by atoms with Gasteiger partial charge in [0, 0.05) is 31.4 Å². The second-order valence-corrected chi connectivity index (χ2v) is 6.84. The first-order chi connectivity index (χ1) is 12.8. The largest absolute Gasteiger partial charge is 0.454 e. The van der Waals surface area contributed by atoms with Crippen LogP contribution < -0.4 is 15.0 Å². The van der Waals surface area contributed by atoms with E-state index in [4.69, 9.17) is 9.47 Å². The average Bonchev–Trinajstić information content (AvgIpc) is 3.34. The lowest BCUT2D eigenvalue weighted by molar-refractivity contribution is 0.174. The predicted octanol–water partition coefficient (Wildman–Crippen LogP) is 3.15. The molecule has 4 rings (SSSR count). The van der Waals surface area contributed by atoms with E-state index in [9.17, 15) is 0 Å². The Labute approximate surface area is 155 Å². The van der Waals surface area contributed by atoms with Crippen molar-refractivity contribution in [2.75, 3.05) is 13.8 Å². The van der Waals surface area contributed by atoms with Crippen LogP contribution in [0.5, 0.6) is 11.5 Å². The molecule has 0 unspecified atom stereocenters. The number of ether oxygens (including phenoxy) is 2. The maximum absolute atomic E-state index is 5.43. The summed E-state index contributed by atoms with van der Waals surface area (Å²) >= 11 is 1.61. The minimum atomic E-state index is 0.299. The Morgan fingerprint density at radius 2 is 2.08 bits per heavy atom. The van der Waals surface area contributed by atoms with Crippen molar-refractivity contribution >= 4 is 17.5 Å². The molecule has 0 radical (unpaired) electrons. The molecule has 0 fully saturated rings. The van der Waals surface area contributed by atoms with Crippen molar-refractivity contribution in [1.82, 2.24) is 14.8 Å². The molecule has 3 heterocycles. The number of fused-ring (bicyclic) bond motifs is 1. The van der Waals surface area contributed by atoms with E-state index in [2.05, 4.69) is 27.8 Å². The zero-order chi connectivity index (χ0) is 17.9. The van der Waals surface area contributed by atoms with Crippen LogP contribution in [0.4, 0.5) is 0 Å². The third kappa shape index (κ3) is 3.25. The minimum absolute atomic E-state index is 0.299. The SMILES string of the molecule is C=Cn1ccc(-c2nnc(CCc3ccc4c(c3)OCO4)s2)cc1=NC. The van der Waals surface area contributed by atoms with Crippen LogP contribution in [0, 0.1) is 0 Å². The van der Waals surface area contributed by atoms with E-state index in [1.54, 1.807) is 24.6 Å². The average molecular weight is 366 g/mol. The number of benzene rings is 1. The lowest BCUT2D eigenvalue weighted by Gasteiger charge is -2.02. The zero-order valence-electron chi connectivity index (χ0n) is 14.4. The van der Waals surface area contributed by atoms with Crippen molar-refractivity contribution in [1.29, 1.82) is 0 Å². The van der Waals surface area contributed by atoms with Crippen LogP contribution in [-0.2, 0) is 12.8 Å². The zero-order valence-corrected chi connectivity index (χ0v) is 15.2. The van der Waals surface area contributed by atoms with E-state index in [1.807, 2.05) is 35.0 Å². The summed E-state index contributed by atoms with van der Waals surface area (Å²) in [4.78, 5) is 4.26. The highest BCUT2D eigenvalue weighted by Gasteiger charge is 2.14. The van der Waals surface area contributed by atoms with E-state index in [0.717, 1.165) is 45.4 Å². The van der Waals surface area contributed by atoms with Gasteiger partial charge >= 0.3 is 0 Å². The Morgan fingerprint density at radius 3 is 2.92 bits per heavy atom. The van der Waals surface area contributed by atoms with Crippen LogP contribution in [0.25, 0.3) is 16.8 Å². The van der Waals surface area contributed by atoms with Crippen LogP contribution in [0.1, 0.15) is 10.6 Å². The van der Waals surface area contributed by atoms with Crippen LogP contribution in [0.3, 0.4) is 0 Å². The van der Waals surface area contributed by atoms with Crippen LogP contribution in [0.2, 0.25) is 0 Å². The molecule has 0 saturated carbocycles. The second kappa shape index (κ2) is 7.13. The van der Waals surface area contributed by atoms with Crippen LogP contribution in [-0.4, -0.2) is 28.6 Å². The highest BCUT2D eigenvalue weighted by atomic mass is 32.1. The number of aromatic nitrogens is 3. The summed E-state index contributed by atoms with van der Waals surface area (Å²) in [5.74, 6) is 1.63. The number of rotatable bonds is 5. The van der Waals surface area contributed by atoms with E-state index >= 15 is 0 Å². The van der Waals surface area contributed by atoms with Gasteiger partial charge in [-0.25, -0.2) is 0 Å². The van der Waals surface area contributed by atoms with Crippen LogP contribution >= 0.6 is 11.3 Å².